The van der Waals surface area contributed by atoms with Crippen molar-refractivity contribution in [3.63, 3.8) is 0 Å². The molecule has 0 fully saturated rings. The highest BCUT2D eigenvalue weighted by Gasteiger charge is 2.06. The summed E-state index contributed by atoms with van der Waals surface area (Å²) in [6, 6.07) is 8.45. The summed E-state index contributed by atoms with van der Waals surface area (Å²) in [5.41, 5.74) is 1.56. The molecule has 96 valence electrons. The zero-order chi connectivity index (χ0) is 12.7. The second-order valence-electron chi connectivity index (χ2n) is 5.33. The minimum absolute atomic E-state index is 0.228. The van der Waals surface area contributed by atoms with Crippen molar-refractivity contribution >= 4 is 15.9 Å². The van der Waals surface area contributed by atoms with Crippen LogP contribution in [0.2, 0.25) is 0 Å². The number of nitrogens with one attached hydrogen (secondary N) is 2. The smallest absolute Gasteiger partial charge is 0.0205 e. The van der Waals surface area contributed by atoms with Gasteiger partial charge in [0.1, 0.15) is 0 Å². The van der Waals surface area contributed by atoms with Crippen LogP contribution in [0.1, 0.15) is 32.8 Å². The predicted molar refractivity (Wildman–Crippen MR) is 78.2 cm³/mol. The van der Waals surface area contributed by atoms with E-state index in [1.54, 1.807) is 0 Å². The quantitative estimate of drug-likeness (QED) is 0.787. The Morgan fingerprint density at radius 3 is 2.29 bits per heavy atom. The standard InChI is InChI=1S/C14H23BrN2/c1-14(2,3)17-10-4-9-16-11-12-5-7-13(15)8-6-12/h5-8,16-17H,4,9-11H2,1-3H3. The molecule has 0 radical (unpaired) electrons. The second-order valence-corrected chi connectivity index (χ2v) is 6.25. The largest absolute Gasteiger partial charge is 0.313 e. The van der Waals surface area contributed by atoms with E-state index >= 15 is 0 Å². The number of hydrogen-bond donors (Lipinski definition) is 2. The Kier molecular flexibility index (Phi) is 6.17. The van der Waals surface area contributed by atoms with Crippen LogP contribution in [-0.2, 0) is 6.54 Å². The zero-order valence-electron chi connectivity index (χ0n) is 11.0. The van der Waals surface area contributed by atoms with Crippen molar-refractivity contribution in [2.75, 3.05) is 13.1 Å². The summed E-state index contributed by atoms with van der Waals surface area (Å²) in [4.78, 5) is 0. The van der Waals surface area contributed by atoms with Gasteiger partial charge in [-0.15, -0.1) is 0 Å². The Hall–Kier alpha value is -0.380. The molecule has 1 aromatic rings. The highest BCUT2D eigenvalue weighted by molar-refractivity contribution is 9.10. The number of benzene rings is 1. The van der Waals surface area contributed by atoms with Gasteiger partial charge >= 0.3 is 0 Å². The van der Waals surface area contributed by atoms with Crippen molar-refractivity contribution in [3.05, 3.63) is 34.3 Å². The minimum Gasteiger partial charge on any atom is -0.313 e. The fourth-order valence-electron chi connectivity index (χ4n) is 1.51. The lowest BCUT2D eigenvalue weighted by Crippen LogP contribution is -2.37. The third-order valence-corrected chi connectivity index (χ3v) is 2.96. The monoisotopic (exact) mass is 298 g/mol. The van der Waals surface area contributed by atoms with Gasteiger partial charge in [0.05, 0.1) is 0 Å². The van der Waals surface area contributed by atoms with Crippen molar-refractivity contribution in [3.8, 4) is 0 Å². The third kappa shape index (κ3) is 7.53. The molecule has 0 saturated carbocycles. The molecule has 0 spiro atoms. The van der Waals surface area contributed by atoms with Crippen molar-refractivity contribution in [2.45, 2.75) is 39.3 Å². The Balaban J connectivity index is 2.07. The highest BCUT2D eigenvalue weighted by Crippen LogP contribution is 2.10. The molecule has 2 nitrogen and oxygen atoms in total. The van der Waals surface area contributed by atoms with Gasteiger partial charge in [-0.1, -0.05) is 28.1 Å². The van der Waals surface area contributed by atoms with E-state index < -0.39 is 0 Å². The first-order valence-electron chi connectivity index (χ1n) is 6.17. The molecule has 0 amide bonds. The lowest BCUT2D eigenvalue weighted by atomic mass is 10.1. The first-order valence-corrected chi connectivity index (χ1v) is 6.97. The maximum Gasteiger partial charge on any atom is 0.0205 e. The Labute approximate surface area is 113 Å². The fraction of sp³-hybridized carbons (Fsp3) is 0.571. The molecule has 0 aliphatic rings. The van der Waals surface area contributed by atoms with E-state index in [-0.39, 0.29) is 5.54 Å². The van der Waals surface area contributed by atoms with Crippen LogP contribution in [-0.4, -0.2) is 18.6 Å². The molecule has 0 atom stereocenters. The van der Waals surface area contributed by atoms with Crippen molar-refractivity contribution < 1.29 is 0 Å². The first-order chi connectivity index (χ1) is 7.97. The average molecular weight is 299 g/mol. The molecule has 0 saturated heterocycles. The second kappa shape index (κ2) is 7.14. The molecule has 0 heterocycles. The van der Waals surface area contributed by atoms with E-state index in [0.717, 1.165) is 30.5 Å². The summed E-state index contributed by atoms with van der Waals surface area (Å²) in [5, 5.41) is 6.93. The van der Waals surface area contributed by atoms with Gasteiger partial charge in [0.2, 0.25) is 0 Å². The summed E-state index contributed by atoms with van der Waals surface area (Å²) in [6.07, 6.45) is 1.16. The molecule has 0 aliphatic carbocycles. The number of halogens is 1. The molecular weight excluding hydrogens is 276 g/mol. The lowest BCUT2D eigenvalue weighted by molar-refractivity contribution is 0.418. The normalized spacial score (nSPS) is 11.8. The number of hydrogen-bond acceptors (Lipinski definition) is 2. The molecule has 0 aromatic heterocycles. The lowest BCUT2D eigenvalue weighted by Gasteiger charge is -2.20. The van der Waals surface area contributed by atoms with Crippen molar-refractivity contribution in [1.29, 1.82) is 0 Å². The van der Waals surface area contributed by atoms with Gasteiger partial charge in [-0.25, -0.2) is 0 Å². The van der Waals surface area contributed by atoms with Gasteiger partial charge in [0.25, 0.3) is 0 Å². The third-order valence-electron chi connectivity index (χ3n) is 2.43. The van der Waals surface area contributed by atoms with E-state index in [4.69, 9.17) is 0 Å². The average Bonchev–Trinajstić information content (AvgIpc) is 2.24. The van der Waals surface area contributed by atoms with Gasteiger partial charge in [-0.05, 0) is 58.0 Å². The van der Waals surface area contributed by atoms with Crippen LogP contribution in [0.3, 0.4) is 0 Å². The SMILES string of the molecule is CC(C)(C)NCCCNCc1ccc(Br)cc1. The van der Waals surface area contributed by atoms with Crippen LogP contribution in [0.4, 0.5) is 0 Å². The molecule has 0 aliphatic heterocycles. The molecule has 1 aromatic carbocycles. The summed E-state index contributed by atoms with van der Waals surface area (Å²) < 4.78 is 1.13. The maximum absolute atomic E-state index is 3.48. The molecule has 17 heavy (non-hydrogen) atoms. The molecule has 1 rings (SSSR count). The summed E-state index contributed by atoms with van der Waals surface area (Å²) in [7, 11) is 0. The summed E-state index contributed by atoms with van der Waals surface area (Å²) in [5.74, 6) is 0. The Morgan fingerprint density at radius 1 is 1.06 bits per heavy atom. The molecular formula is C14H23BrN2. The topological polar surface area (TPSA) is 24.1 Å². The summed E-state index contributed by atoms with van der Waals surface area (Å²) >= 11 is 3.44. The van der Waals surface area contributed by atoms with Gasteiger partial charge in [0, 0.05) is 16.6 Å². The van der Waals surface area contributed by atoms with Gasteiger partial charge in [-0.2, -0.15) is 0 Å². The minimum atomic E-state index is 0.228. The molecule has 0 bridgehead atoms. The van der Waals surface area contributed by atoms with Gasteiger partial charge < -0.3 is 10.6 Å². The van der Waals surface area contributed by atoms with Gasteiger partial charge in [-0.3, -0.25) is 0 Å². The van der Waals surface area contributed by atoms with Crippen molar-refractivity contribution in [1.82, 2.24) is 10.6 Å². The van der Waals surface area contributed by atoms with Crippen LogP contribution in [0.15, 0.2) is 28.7 Å². The molecule has 0 unspecified atom stereocenters. The Morgan fingerprint density at radius 2 is 1.71 bits per heavy atom. The number of rotatable bonds is 6. The van der Waals surface area contributed by atoms with Crippen LogP contribution < -0.4 is 10.6 Å². The summed E-state index contributed by atoms with van der Waals surface area (Å²) in [6.45, 7) is 9.66. The van der Waals surface area contributed by atoms with Crippen molar-refractivity contribution in [2.24, 2.45) is 0 Å². The molecule has 3 heteroatoms. The predicted octanol–water partition coefficient (Wildman–Crippen LogP) is 3.32. The molecule has 2 N–H and O–H groups in total. The van der Waals surface area contributed by atoms with Crippen LogP contribution in [0.25, 0.3) is 0 Å². The van der Waals surface area contributed by atoms with Crippen LogP contribution in [0.5, 0.6) is 0 Å². The van der Waals surface area contributed by atoms with E-state index in [0.29, 0.717) is 0 Å². The fourth-order valence-corrected chi connectivity index (χ4v) is 1.78. The van der Waals surface area contributed by atoms with Crippen LogP contribution in [0, 0.1) is 0 Å². The first kappa shape index (κ1) is 14.7. The maximum atomic E-state index is 3.48. The highest BCUT2D eigenvalue weighted by atomic mass is 79.9. The zero-order valence-corrected chi connectivity index (χ0v) is 12.6. The van der Waals surface area contributed by atoms with E-state index in [1.807, 2.05) is 0 Å². The van der Waals surface area contributed by atoms with Crippen LogP contribution >= 0.6 is 15.9 Å². The van der Waals surface area contributed by atoms with E-state index in [1.165, 1.54) is 5.56 Å². The van der Waals surface area contributed by atoms with E-state index in [9.17, 15) is 0 Å². The van der Waals surface area contributed by atoms with Gasteiger partial charge in [0.15, 0.2) is 0 Å². The van der Waals surface area contributed by atoms with E-state index in [2.05, 4.69) is 71.6 Å². The Bertz CT molecular complexity index is 314.